The first-order chi connectivity index (χ1) is 8.56. The highest BCUT2D eigenvalue weighted by atomic mass is 16.4. The fraction of sp³-hybridized carbons (Fsp3) is 0.538. The predicted molar refractivity (Wildman–Crippen MR) is 71.4 cm³/mol. The Bertz CT molecular complexity index is 293. The summed E-state index contributed by atoms with van der Waals surface area (Å²) >= 11 is 0. The molecule has 5 heteroatoms. The molecule has 0 radical (unpaired) electrons. The van der Waals surface area contributed by atoms with Crippen LogP contribution in [0.25, 0.3) is 0 Å². The van der Waals surface area contributed by atoms with E-state index < -0.39 is 18.0 Å². The third kappa shape index (κ3) is 6.08. The zero-order chi connectivity index (χ0) is 14.0. The highest BCUT2D eigenvalue weighted by Gasteiger charge is 2.21. The Morgan fingerprint density at radius 3 is 2.28 bits per heavy atom. The Morgan fingerprint density at radius 2 is 1.89 bits per heavy atom. The van der Waals surface area contributed by atoms with Crippen molar-refractivity contribution in [2.75, 3.05) is 13.1 Å². The lowest BCUT2D eigenvalue weighted by Crippen LogP contribution is -2.48. The molecule has 1 atom stereocenters. The van der Waals surface area contributed by atoms with Gasteiger partial charge in [0.2, 0.25) is 0 Å². The largest absolute Gasteiger partial charge is 0.480 e. The van der Waals surface area contributed by atoms with Crippen molar-refractivity contribution in [2.24, 2.45) is 0 Å². The van der Waals surface area contributed by atoms with Crippen molar-refractivity contribution in [1.82, 2.24) is 10.2 Å². The van der Waals surface area contributed by atoms with Crippen molar-refractivity contribution in [2.45, 2.75) is 32.2 Å². The number of rotatable bonds is 9. The van der Waals surface area contributed by atoms with Gasteiger partial charge in [0.25, 0.3) is 0 Å². The van der Waals surface area contributed by atoms with Crippen molar-refractivity contribution >= 4 is 12.0 Å². The molecule has 0 aromatic heterocycles. The van der Waals surface area contributed by atoms with Gasteiger partial charge in [-0.25, -0.2) is 9.59 Å². The Hall–Kier alpha value is -1.78. The van der Waals surface area contributed by atoms with E-state index in [9.17, 15) is 9.59 Å². The maximum Gasteiger partial charge on any atom is 0.326 e. The first-order valence-electron chi connectivity index (χ1n) is 6.06. The fourth-order valence-corrected chi connectivity index (χ4v) is 1.46. The van der Waals surface area contributed by atoms with Gasteiger partial charge in [-0.15, -0.1) is 13.2 Å². The molecule has 0 saturated heterocycles. The predicted octanol–water partition coefficient (Wildman–Crippen LogP) is 2.01. The van der Waals surface area contributed by atoms with Crippen LogP contribution in [0.1, 0.15) is 26.2 Å². The topological polar surface area (TPSA) is 69.6 Å². The summed E-state index contributed by atoms with van der Waals surface area (Å²) in [6.07, 6.45) is 5.27. The zero-order valence-electron chi connectivity index (χ0n) is 10.9. The monoisotopic (exact) mass is 254 g/mol. The number of carbonyl (C=O) groups is 2. The second-order valence-corrected chi connectivity index (χ2v) is 3.96. The maximum absolute atomic E-state index is 11.9. The van der Waals surface area contributed by atoms with E-state index in [1.807, 2.05) is 6.92 Å². The van der Waals surface area contributed by atoms with Crippen LogP contribution < -0.4 is 5.32 Å². The minimum Gasteiger partial charge on any atom is -0.480 e. The third-order valence-corrected chi connectivity index (χ3v) is 2.43. The summed E-state index contributed by atoms with van der Waals surface area (Å²) in [5.41, 5.74) is 0. The van der Waals surface area contributed by atoms with Crippen LogP contribution in [0.5, 0.6) is 0 Å². The molecule has 0 bridgehead atoms. The standard InChI is InChI=1S/C13H22N2O3/c1-4-7-8-11(12(16)17)14-13(18)15(9-5-2)10-6-3/h5-6,11H,2-4,7-10H2,1H3,(H,14,18)(H,16,17)/t11-/m0/s1. The molecule has 0 spiro atoms. The lowest BCUT2D eigenvalue weighted by atomic mass is 10.1. The molecule has 0 aliphatic carbocycles. The van der Waals surface area contributed by atoms with Gasteiger partial charge in [0.15, 0.2) is 0 Å². The van der Waals surface area contributed by atoms with E-state index in [1.54, 1.807) is 12.2 Å². The maximum atomic E-state index is 11.9. The van der Waals surface area contributed by atoms with Gasteiger partial charge in [-0.05, 0) is 6.42 Å². The van der Waals surface area contributed by atoms with Crippen molar-refractivity contribution in [3.05, 3.63) is 25.3 Å². The van der Waals surface area contributed by atoms with E-state index in [1.165, 1.54) is 4.90 Å². The van der Waals surface area contributed by atoms with Crippen LogP contribution in [-0.2, 0) is 4.79 Å². The van der Waals surface area contributed by atoms with E-state index in [0.717, 1.165) is 12.8 Å². The van der Waals surface area contributed by atoms with Crippen LogP contribution in [0.4, 0.5) is 4.79 Å². The molecule has 0 unspecified atom stereocenters. The Kier molecular flexibility index (Phi) is 8.35. The third-order valence-electron chi connectivity index (χ3n) is 2.43. The Labute approximate surface area is 108 Å². The van der Waals surface area contributed by atoms with E-state index in [2.05, 4.69) is 18.5 Å². The van der Waals surface area contributed by atoms with Crippen LogP contribution in [0, 0.1) is 0 Å². The summed E-state index contributed by atoms with van der Waals surface area (Å²) in [5.74, 6) is -1.01. The molecular weight excluding hydrogens is 232 g/mol. The molecule has 0 saturated carbocycles. The number of carbonyl (C=O) groups excluding carboxylic acids is 1. The molecule has 0 aliphatic heterocycles. The summed E-state index contributed by atoms with van der Waals surface area (Å²) in [6, 6.07) is -1.24. The minimum atomic E-state index is -1.01. The number of urea groups is 1. The molecule has 0 fully saturated rings. The van der Waals surface area contributed by atoms with E-state index in [0.29, 0.717) is 19.5 Å². The molecule has 0 aromatic carbocycles. The van der Waals surface area contributed by atoms with Gasteiger partial charge < -0.3 is 15.3 Å². The van der Waals surface area contributed by atoms with Crippen LogP contribution in [-0.4, -0.2) is 41.1 Å². The lowest BCUT2D eigenvalue weighted by Gasteiger charge is -2.22. The van der Waals surface area contributed by atoms with Gasteiger partial charge in [0.05, 0.1) is 0 Å². The number of carboxylic acids is 1. The smallest absolute Gasteiger partial charge is 0.326 e. The highest BCUT2D eigenvalue weighted by Crippen LogP contribution is 2.02. The SMILES string of the molecule is C=CCN(CC=C)C(=O)N[C@@H](CCCC)C(=O)O. The average molecular weight is 254 g/mol. The van der Waals surface area contributed by atoms with Gasteiger partial charge in [-0.3, -0.25) is 0 Å². The van der Waals surface area contributed by atoms with Gasteiger partial charge in [0, 0.05) is 13.1 Å². The minimum absolute atomic E-state index is 0.359. The van der Waals surface area contributed by atoms with Crippen molar-refractivity contribution in [1.29, 1.82) is 0 Å². The number of nitrogens with one attached hydrogen (secondary N) is 1. The van der Waals surface area contributed by atoms with Gasteiger partial charge >= 0.3 is 12.0 Å². The van der Waals surface area contributed by atoms with Gasteiger partial charge in [-0.1, -0.05) is 31.9 Å². The molecule has 0 rings (SSSR count). The summed E-state index contributed by atoms with van der Waals surface area (Å²) in [7, 11) is 0. The van der Waals surface area contributed by atoms with E-state index >= 15 is 0 Å². The molecule has 18 heavy (non-hydrogen) atoms. The number of hydrogen-bond donors (Lipinski definition) is 2. The molecule has 5 nitrogen and oxygen atoms in total. The molecule has 2 N–H and O–H groups in total. The second-order valence-electron chi connectivity index (χ2n) is 3.96. The zero-order valence-corrected chi connectivity index (χ0v) is 10.9. The van der Waals surface area contributed by atoms with Crippen LogP contribution in [0.2, 0.25) is 0 Å². The normalized spacial score (nSPS) is 11.4. The number of unbranched alkanes of at least 4 members (excludes halogenated alkanes) is 1. The molecule has 2 amide bonds. The summed E-state index contributed by atoms with van der Waals surface area (Å²) in [4.78, 5) is 24.3. The average Bonchev–Trinajstić information content (AvgIpc) is 2.33. The van der Waals surface area contributed by atoms with Crippen molar-refractivity contribution in [3.8, 4) is 0 Å². The van der Waals surface area contributed by atoms with Gasteiger partial charge in [0.1, 0.15) is 6.04 Å². The first-order valence-corrected chi connectivity index (χ1v) is 6.06. The van der Waals surface area contributed by atoms with Crippen molar-refractivity contribution in [3.63, 3.8) is 0 Å². The molecule has 102 valence electrons. The molecule has 0 aliphatic rings. The van der Waals surface area contributed by atoms with E-state index in [4.69, 9.17) is 5.11 Å². The number of hydrogen-bond acceptors (Lipinski definition) is 2. The lowest BCUT2D eigenvalue weighted by molar-refractivity contribution is -0.139. The molecule has 0 heterocycles. The second kappa shape index (κ2) is 9.27. The fourth-order valence-electron chi connectivity index (χ4n) is 1.46. The summed E-state index contributed by atoms with van der Waals surface area (Å²) in [5, 5.41) is 11.5. The first kappa shape index (κ1) is 16.2. The quantitative estimate of drug-likeness (QED) is 0.618. The van der Waals surface area contributed by atoms with E-state index in [-0.39, 0.29) is 0 Å². The van der Waals surface area contributed by atoms with Crippen LogP contribution in [0.3, 0.4) is 0 Å². The Morgan fingerprint density at radius 1 is 1.33 bits per heavy atom. The number of aliphatic carboxylic acids is 1. The number of nitrogens with zero attached hydrogens (tertiary/aromatic N) is 1. The van der Waals surface area contributed by atoms with Crippen molar-refractivity contribution < 1.29 is 14.7 Å². The molecular formula is C13H22N2O3. The van der Waals surface area contributed by atoms with Crippen LogP contribution in [0.15, 0.2) is 25.3 Å². The van der Waals surface area contributed by atoms with Gasteiger partial charge in [-0.2, -0.15) is 0 Å². The summed E-state index contributed by atoms with van der Waals surface area (Å²) in [6.45, 7) is 9.81. The highest BCUT2D eigenvalue weighted by molar-refractivity contribution is 5.82. The van der Waals surface area contributed by atoms with Crippen LogP contribution >= 0.6 is 0 Å². The molecule has 0 aromatic rings. The Balaban J connectivity index is 4.48. The number of amides is 2. The summed E-state index contributed by atoms with van der Waals surface area (Å²) < 4.78 is 0. The number of carboxylic acid groups (broad SMARTS) is 1.